The van der Waals surface area contributed by atoms with Crippen LogP contribution in [0.5, 0.6) is 5.75 Å². The number of ether oxygens (including phenoxy) is 1. The number of alkyl halides is 6. The van der Waals surface area contributed by atoms with E-state index in [0.717, 1.165) is 0 Å². The highest BCUT2D eigenvalue weighted by Crippen LogP contribution is 2.50. The Hall–Kier alpha value is -2.96. The van der Waals surface area contributed by atoms with Crippen molar-refractivity contribution in [3.05, 3.63) is 48.0 Å². The number of hydrogen-bond donors (Lipinski definition) is 1. The van der Waals surface area contributed by atoms with Crippen LogP contribution in [0.1, 0.15) is 38.2 Å². The van der Waals surface area contributed by atoms with Gasteiger partial charge in [0.05, 0.1) is 16.1 Å². The van der Waals surface area contributed by atoms with Crippen molar-refractivity contribution in [3.8, 4) is 5.75 Å². The molecule has 0 radical (unpaired) electrons. The molecular weight excluding hydrogens is 540 g/mol. The van der Waals surface area contributed by atoms with Crippen LogP contribution in [-0.2, 0) is 20.8 Å². The molecule has 0 bridgehead atoms. The van der Waals surface area contributed by atoms with E-state index < -0.39 is 92.6 Å². The predicted molar refractivity (Wildman–Crippen MR) is 125 cm³/mol. The maximum absolute atomic E-state index is 15.6. The van der Waals surface area contributed by atoms with Crippen LogP contribution in [0.25, 0.3) is 0 Å². The highest BCUT2D eigenvalue weighted by Gasteiger charge is 2.52. The Kier molecular flexibility index (Phi) is 7.13. The number of halogens is 6. The van der Waals surface area contributed by atoms with Gasteiger partial charge in [-0.15, -0.1) is 0 Å². The smallest absolute Gasteiger partial charge is 0.420 e. The molecule has 0 saturated heterocycles. The number of nitrogens with zero attached hydrogens (tertiary/aromatic N) is 1. The molecule has 1 aliphatic carbocycles. The van der Waals surface area contributed by atoms with Gasteiger partial charge in [-0.05, 0) is 44.4 Å². The fraction of sp³-hybridized carbons (Fsp3) is 0.480. The van der Waals surface area contributed by atoms with Crippen molar-refractivity contribution < 1.29 is 49.4 Å². The van der Waals surface area contributed by atoms with Gasteiger partial charge in [-0.1, -0.05) is 18.2 Å². The molecule has 0 unspecified atom stereocenters. The summed E-state index contributed by atoms with van der Waals surface area (Å²) >= 11 is 0. The fourth-order valence-electron chi connectivity index (χ4n) is 4.42. The highest BCUT2D eigenvalue weighted by molar-refractivity contribution is 7.92. The number of anilines is 2. The number of carboxylic acids is 1. The van der Waals surface area contributed by atoms with E-state index in [4.69, 9.17) is 4.74 Å². The number of fused-ring (bicyclic) bond motifs is 1. The van der Waals surface area contributed by atoms with Gasteiger partial charge < -0.3 is 14.7 Å². The van der Waals surface area contributed by atoms with Crippen molar-refractivity contribution in [2.24, 2.45) is 11.3 Å². The first-order chi connectivity index (χ1) is 17.6. The molecule has 13 heteroatoms. The van der Waals surface area contributed by atoms with Crippen molar-refractivity contribution in [3.63, 3.8) is 0 Å². The van der Waals surface area contributed by atoms with Crippen LogP contribution in [0.2, 0.25) is 0 Å². The summed E-state index contributed by atoms with van der Waals surface area (Å²) in [5, 5.41) is 9.35. The molecular formula is C25H25F6NO5S. The maximum Gasteiger partial charge on any atom is 0.420 e. The number of para-hydroxylation sites is 1. The van der Waals surface area contributed by atoms with Crippen LogP contribution < -0.4 is 9.64 Å². The number of sulfone groups is 1. The Labute approximate surface area is 215 Å². The Morgan fingerprint density at radius 2 is 1.76 bits per heavy atom. The number of benzene rings is 2. The first-order valence-electron chi connectivity index (χ1n) is 11.7. The van der Waals surface area contributed by atoms with E-state index in [2.05, 4.69) is 0 Å². The van der Waals surface area contributed by atoms with Gasteiger partial charge >= 0.3 is 12.1 Å². The van der Waals surface area contributed by atoms with Gasteiger partial charge in [0, 0.05) is 30.6 Å². The van der Waals surface area contributed by atoms with Gasteiger partial charge in [0.15, 0.2) is 0 Å². The van der Waals surface area contributed by atoms with E-state index >= 15 is 4.39 Å². The molecule has 0 aromatic heterocycles. The second-order valence-corrected chi connectivity index (χ2v) is 11.9. The molecule has 38 heavy (non-hydrogen) atoms. The zero-order chi connectivity index (χ0) is 28.1. The van der Waals surface area contributed by atoms with Crippen LogP contribution in [0.4, 0.5) is 37.7 Å². The molecule has 2 atom stereocenters. The Morgan fingerprint density at radius 3 is 2.29 bits per heavy atom. The fourth-order valence-corrected chi connectivity index (χ4v) is 6.12. The topological polar surface area (TPSA) is 83.9 Å². The Balaban J connectivity index is 1.87. The average Bonchev–Trinajstić information content (AvgIpc) is 3.63. The second kappa shape index (κ2) is 9.65. The Morgan fingerprint density at radius 1 is 1.13 bits per heavy atom. The zero-order valence-corrected chi connectivity index (χ0v) is 21.0. The van der Waals surface area contributed by atoms with E-state index in [1.807, 2.05) is 0 Å². The summed E-state index contributed by atoms with van der Waals surface area (Å²) in [7, 11) is -4.97. The van der Waals surface area contributed by atoms with Gasteiger partial charge in [-0.25, -0.2) is 21.6 Å². The molecule has 208 valence electrons. The minimum absolute atomic E-state index is 0.172. The summed E-state index contributed by atoms with van der Waals surface area (Å²) in [5.41, 5.74) is -5.69. The molecule has 1 fully saturated rings. The third kappa shape index (κ3) is 5.57. The minimum atomic E-state index is -5.04. The SMILES string of the molecule is CC(F)(F)CC[C@@H]1CN(c2ccccc2)c2cc(C(F)(F)F)c(OCC3(C(=O)O)CC3)cc2S(=O)(=O)[C@@H]1F. The zero-order valence-electron chi connectivity index (χ0n) is 20.1. The molecule has 2 aromatic carbocycles. The van der Waals surface area contributed by atoms with E-state index in [0.29, 0.717) is 19.1 Å². The van der Waals surface area contributed by atoms with Crippen LogP contribution in [0, 0.1) is 11.3 Å². The van der Waals surface area contributed by atoms with E-state index in [-0.39, 0.29) is 18.5 Å². The van der Waals surface area contributed by atoms with Crippen LogP contribution in [0.15, 0.2) is 47.4 Å². The van der Waals surface area contributed by atoms with Gasteiger partial charge in [-0.2, -0.15) is 13.2 Å². The summed E-state index contributed by atoms with van der Waals surface area (Å²) in [6.07, 6.45) is -6.07. The van der Waals surface area contributed by atoms with Gasteiger partial charge in [0.25, 0.3) is 0 Å². The van der Waals surface area contributed by atoms with Crippen molar-refractivity contribution in [2.75, 3.05) is 18.1 Å². The van der Waals surface area contributed by atoms with E-state index in [9.17, 15) is 40.3 Å². The maximum atomic E-state index is 15.6. The predicted octanol–water partition coefficient (Wildman–Crippen LogP) is 6.22. The molecule has 1 aliphatic heterocycles. The van der Waals surface area contributed by atoms with Gasteiger partial charge in [0.2, 0.25) is 21.3 Å². The molecule has 2 aromatic rings. The Bertz CT molecular complexity index is 1310. The molecule has 0 amide bonds. The third-order valence-corrected chi connectivity index (χ3v) is 8.80. The van der Waals surface area contributed by atoms with Crippen LogP contribution in [-0.4, -0.2) is 44.1 Å². The quantitative estimate of drug-likeness (QED) is 0.383. The molecule has 2 aliphatic rings. The van der Waals surface area contributed by atoms with Crippen molar-refractivity contribution in [1.29, 1.82) is 0 Å². The molecule has 1 heterocycles. The molecule has 6 nitrogen and oxygen atoms in total. The van der Waals surface area contributed by atoms with Crippen molar-refractivity contribution in [2.45, 2.75) is 55.1 Å². The minimum Gasteiger partial charge on any atom is -0.492 e. The molecule has 4 rings (SSSR count). The average molecular weight is 566 g/mol. The van der Waals surface area contributed by atoms with E-state index in [1.54, 1.807) is 18.2 Å². The van der Waals surface area contributed by atoms with Gasteiger partial charge in [-0.3, -0.25) is 4.79 Å². The summed E-state index contributed by atoms with van der Waals surface area (Å²) in [5.74, 6) is -6.92. The van der Waals surface area contributed by atoms with Crippen LogP contribution >= 0.6 is 0 Å². The highest BCUT2D eigenvalue weighted by atomic mass is 32.2. The largest absolute Gasteiger partial charge is 0.492 e. The lowest BCUT2D eigenvalue weighted by molar-refractivity contribution is -0.144. The molecule has 1 N–H and O–H groups in total. The third-order valence-electron chi connectivity index (χ3n) is 6.88. The number of carboxylic acid groups (broad SMARTS) is 1. The number of carbonyl (C=O) groups is 1. The number of rotatable bonds is 8. The lowest BCUT2D eigenvalue weighted by atomic mass is 10.00. The first-order valence-corrected chi connectivity index (χ1v) is 13.3. The normalized spacial score (nSPS) is 22.3. The monoisotopic (exact) mass is 565 g/mol. The number of aliphatic carboxylic acids is 1. The summed E-state index contributed by atoms with van der Waals surface area (Å²) in [6.45, 7) is -0.509. The van der Waals surface area contributed by atoms with Crippen molar-refractivity contribution in [1.82, 2.24) is 0 Å². The van der Waals surface area contributed by atoms with E-state index in [1.165, 1.54) is 17.0 Å². The molecule has 0 spiro atoms. The first kappa shape index (κ1) is 28.1. The molecule has 1 saturated carbocycles. The summed E-state index contributed by atoms with van der Waals surface area (Å²) in [4.78, 5) is 11.8. The van der Waals surface area contributed by atoms with Crippen LogP contribution in [0.3, 0.4) is 0 Å². The lowest BCUT2D eigenvalue weighted by Crippen LogP contribution is -2.32. The standard InChI is InChI=1S/C25H25F6NO5S/c1-23(27,28)8-7-15-13-32(16-5-3-2-4-6-16)18-11-17(25(29,30)31)19(12-20(18)38(35,36)21(15)26)37-14-24(9-10-24)22(33)34/h2-6,11-12,15,21H,7-10,13-14H2,1H3,(H,33,34)/t15-,21+/m1/s1. The van der Waals surface area contributed by atoms with Crippen molar-refractivity contribution >= 4 is 27.2 Å². The lowest BCUT2D eigenvalue weighted by Gasteiger charge is -2.29. The second-order valence-electron chi connectivity index (χ2n) is 9.90. The number of hydrogen-bond acceptors (Lipinski definition) is 5. The summed E-state index contributed by atoms with van der Waals surface area (Å²) in [6, 6.07) is 8.73. The summed E-state index contributed by atoms with van der Waals surface area (Å²) < 4.78 is 117. The van der Waals surface area contributed by atoms with Gasteiger partial charge in [0.1, 0.15) is 17.8 Å².